The van der Waals surface area contributed by atoms with E-state index in [0.29, 0.717) is 0 Å². The Morgan fingerprint density at radius 1 is 1.36 bits per heavy atom. The fourth-order valence-corrected chi connectivity index (χ4v) is 6.96. The minimum atomic E-state index is -4.63. The first kappa shape index (κ1) is 25.1. The van der Waals surface area contributed by atoms with E-state index >= 15 is 0 Å². The molecule has 3 rings (SSSR count). The van der Waals surface area contributed by atoms with Gasteiger partial charge in [-0.3, -0.25) is 9.59 Å². The van der Waals surface area contributed by atoms with Crippen molar-refractivity contribution in [2.24, 2.45) is 22.5 Å². The normalized spacial score (nSPS) is 30.3. The largest absolute Gasteiger partial charge is 0.481 e. The summed E-state index contributed by atoms with van der Waals surface area (Å²) in [5, 5.41) is 17.7. The van der Waals surface area contributed by atoms with E-state index in [-0.39, 0.29) is 41.4 Å². The van der Waals surface area contributed by atoms with Crippen LogP contribution >= 0.6 is 11.6 Å². The van der Waals surface area contributed by atoms with Gasteiger partial charge in [-0.1, -0.05) is 11.6 Å². The molecule has 0 spiro atoms. The smallest absolute Gasteiger partial charge is 0.425 e. The molecule has 0 radical (unpaired) electrons. The third-order valence-corrected chi connectivity index (χ3v) is 9.29. The summed E-state index contributed by atoms with van der Waals surface area (Å²) < 4.78 is 69.3. The molecule has 3 N–H and O–H groups in total. The SMILES string of the molecule is C[C@@H](Oc1ccc(S(=O)(=O)[C@H]2CC[C@](C(=O)O)(C3CC3(C#N)C(N)=O)C2)c(Cl)c1)C(F)(F)F. The minimum Gasteiger partial charge on any atom is -0.481 e. The molecule has 0 aliphatic heterocycles. The van der Waals surface area contributed by atoms with Crippen LogP contribution in [0.3, 0.4) is 0 Å². The number of hydrogen-bond acceptors (Lipinski definition) is 6. The van der Waals surface area contributed by atoms with Crippen LogP contribution in [0.25, 0.3) is 0 Å². The standard InChI is InChI=1S/C20H20ClF3N2O6S/c1-10(20(22,23)24)32-11-2-3-14(13(21)6-11)33(30,31)12-4-5-18(7-12,17(28)29)15-8-19(15,9-25)16(26)27/h2-3,6,10,12,15H,4-5,7-8H2,1H3,(H2,26,27)(H,28,29)/t10-,12+,15?,18-,19?/m1/s1. The molecule has 8 nitrogen and oxygen atoms in total. The van der Waals surface area contributed by atoms with Crippen LogP contribution in [0.15, 0.2) is 23.1 Å². The van der Waals surface area contributed by atoms with Gasteiger partial charge in [-0.25, -0.2) is 8.42 Å². The van der Waals surface area contributed by atoms with Crippen molar-refractivity contribution in [2.75, 3.05) is 0 Å². The average molecular weight is 509 g/mol. The number of hydrogen-bond donors (Lipinski definition) is 2. The zero-order valence-corrected chi connectivity index (χ0v) is 18.8. The molecule has 0 saturated heterocycles. The van der Waals surface area contributed by atoms with Gasteiger partial charge in [0.2, 0.25) is 5.91 Å². The van der Waals surface area contributed by atoms with Gasteiger partial charge in [0.1, 0.15) is 11.2 Å². The van der Waals surface area contributed by atoms with Crippen molar-refractivity contribution in [3.63, 3.8) is 0 Å². The molecule has 2 aliphatic carbocycles. The van der Waals surface area contributed by atoms with Gasteiger partial charge in [-0.05, 0) is 44.7 Å². The fraction of sp³-hybridized carbons (Fsp3) is 0.550. The van der Waals surface area contributed by atoms with Gasteiger partial charge in [0, 0.05) is 12.0 Å². The molecule has 5 atom stereocenters. The lowest BCUT2D eigenvalue weighted by Gasteiger charge is -2.26. The molecular weight excluding hydrogens is 489 g/mol. The van der Waals surface area contributed by atoms with Crippen LogP contribution in [0.4, 0.5) is 13.2 Å². The number of alkyl halides is 3. The van der Waals surface area contributed by atoms with Crippen molar-refractivity contribution in [3.8, 4) is 11.8 Å². The quantitative estimate of drug-likeness (QED) is 0.575. The van der Waals surface area contributed by atoms with E-state index in [1.54, 1.807) is 6.07 Å². The van der Waals surface area contributed by atoms with E-state index in [1.807, 2.05) is 0 Å². The van der Waals surface area contributed by atoms with Gasteiger partial charge in [0.25, 0.3) is 0 Å². The molecule has 0 heterocycles. The highest BCUT2D eigenvalue weighted by Crippen LogP contribution is 2.66. The Balaban J connectivity index is 1.87. The summed E-state index contributed by atoms with van der Waals surface area (Å²) >= 11 is 6.05. The van der Waals surface area contributed by atoms with Gasteiger partial charge in [-0.2, -0.15) is 18.4 Å². The van der Waals surface area contributed by atoms with Crippen molar-refractivity contribution < 1.29 is 41.0 Å². The second-order valence-corrected chi connectivity index (χ2v) is 11.1. The molecule has 1 amide bonds. The lowest BCUT2D eigenvalue weighted by molar-refractivity contribution is -0.189. The number of ether oxygens (including phenoxy) is 1. The molecule has 2 fully saturated rings. The molecular formula is C20H20ClF3N2O6S. The number of halogens is 4. The number of carboxylic acids is 1. The topological polar surface area (TPSA) is 148 Å². The zero-order valence-electron chi connectivity index (χ0n) is 17.2. The summed E-state index contributed by atoms with van der Waals surface area (Å²) in [6.45, 7) is 0.786. The number of nitrogens with zero attached hydrogens (tertiary/aromatic N) is 1. The molecule has 13 heteroatoms. The number of amides is 1. The highest BCUT2D eigenvalue weighted by molar-refractivity contribution is 7.92. The van der Waals surface area contributed by atoms with Crippen LogP contribution in [0.1, 0.15) is 32.6 Å². The molecule has 2 saturated carbocycles. The van der Waals surface area contributed by atoms with Crippen molar-refractivity contribution >= 4 is 33.3 Å². The molecule has 1 aromatic carbocycles. The molecule has 0 bridgehead atoms. The lowest BCUT2D eigenvalue weighted by Crippen LogP contribution is -2.37. The Kier molecular flexibility index (Phi) is 6.13. The molecule has 0 aromatic heterocycles. The Morgan fingerprint density at radius 2 is 2.00 bits per heavy atom. The van der Waals surface area contributed by atoms with Crippen LogP contribution in [-0.2, 0) is 19.4 Å². The number of rotatable bonds is 7. The Morgan fingerprint density at radius 3 is 2.45 bits per heavy atom. The Labute approximate surface area is 192 Å². The van der Waals surface area contributed by atoms with Gasteiger partial charge >= 0.3 is 12.1 Å². The molecule has 2 aliphatic rings. The monoisotopic (exact) mass is 508 g/mol. The fourth-order valence-electron chi connectivity index (χ4n) is 4.57. The van der Waals surface area contributed by atoms with Crippen molar-refractivity contribution in [1.29, 1.82) is 5.26 Å². The first-order valence-electron chi connectivity index (χ1n) is 9.83. The number of aliphatic carboxylic acids is 1. The number of benzene rings is 1. The first-order chi connectivity index (χ1) is 15.1. The minimum absolute atomic E-state index is 0.0644. The number of nitriles is 1. The van der Waals surface area contributed by atoms with E-state index in [2.05, 4.69) is 0 Å². The lowest BCUT2D eigenvalue weighted by atomic mass is 9.77. The summed E-state index contributed by atoms with van der Waals surface area (Å²) in [7, 11) is -4.19. The van der Waals surface area contributed by atoms with Crippen molar-refractivity contribution in [2.45, 2.75) is 55.0 Å². The van der Waals surface area contributed by atoms with Gasteiger partial charge in [0.05, 0.1) is 26.7 Å². The predicted molar refractivity (Wildman–Crippen MR) is 108 cm³/mol. The van der Waals surface area contributed by atoms with E-state index in [4.69, 9.17) is 22.1 Å². The van der Waals surface area contributed by atoms with Crippen molar-refractivity contribution in [3.05, 3.63) is 23.2 Å². The Bertz CT molecular complexity index is 1150. The van der Waals surface area contributed by atoms with Crippen LogP contribution in [0, 0.1) is 28.1 Å². The maximum Gasteiger partial charge on any atom is 0.425 e. The highest BCUT2D eigenvalue weighted by atomic mass is 35.5. The third-order valence-electron chi connectivity index (χ3n) is 6.62. The van der Waals surface area contributed by atoms with Crippen LogP contribution < -0.4 is 10.5 Å². The summed E-state index contributed by atoms with van der Waals surface area (Å²) in [5.74, 6) is -3.47. The van der Waals surface area contributed by atoms with Crippen LogP contribution in [-0.4, -0.2) is 42.9 Å². The molecule has 2 unspecified atom stereocenters. The Hall–Kier alpha value is -2.52. The highest BCUT2D eigenvalue weighted by Gasteiger charge is 2.72. The van der Waals surface area contributed by atoms with E-state index in [9.17, 15) is 41.5 Å². The van der Waals surface area contributed by atoms with Gasteiger partial charge in [0.15, 0.2) is 15.9 Å². The molecule has 1 aromatic rings. The van der Waals surface area contributed by atoms with Crippen LogP contribution in [0.5, 0.6) is 5.75 Å². The average Bonchev–Trinajstić information content (AvgIpc) is 3.29. The summed E-state index contributed by atoms with van der Waals surface area (Å²) in [6.07, 6.45) is -7.35. The van der Waals surface area contributed by atoms with E-state index in [0.717, 1.165) is 25.1 Å². The van der Waals surface area contributed by atoms with Gasteiger partial charge in [-0.15, -0.1) is 0 Å². The first-order valence-corrected chi connectivity index (χ1v) is 11.8. The number of carbonyl (C=O) groups is 2. The van der Waals surface area contributed by atoms with Gasteiger partial charge < -0.3 is 15.6 Å². The second kappa shape index (κ2) is 8.06. The van der Waals surface area contributed by atoms with Crippen molar-refractivity contribution in [1.82, 2.24) is 0 Å². The summed E-state index contributed by atoms with van der Waals surface area (Å²) in [6, 6.07) is 4.78. The molecule has 33 heavy (non-hydrogen) atoms. The van der Waals surface area contributed by atoms with E-state index < -0.39 is 56.0 Å². The number of primary amides is 1. The maximum atomic E-state index is 13.2. The third kappa shape index (κ3) is 4.12. The number of carbonyl (C=O) groups excluding carboxylic acids is 1. The van der Waals surface area contributed by atoms with Crippen LogP contribution in [0.2, 0.25) is 5.02 Å². The zero-order chi connectivity index (χ0) is 25.0. The number of carboxylic acid groups (broad SMARTS) is 1. The summed E-state index contributed by atoms with van der Waals surface area (Å²) in [5.41, 5.74) is 2.02. The second-order valence-electron chi connectivity index (χ2n) is 8.47. The maximum absolute atomic E-state index is 13.2. The molecule has 180 valence electrons. The van der Waals surface area contributed by atoms with E-state index in [1.165, 1.54) is 0 Å². The number of nitrogens with two attached hydrogens (primary N) is 1. The predicted octanol–water partition coefficient (Wildman–Crippen LogP) is 3.08. The number of sulfone groups is 1. The summed E-state index contributed by atoms with van der Waals surface area (Å²) in [4.78, 5) is 23.5.